The Morgan fingerprint density at radius 3 is 2.44 bits per heavy atom. The van der Waals surface area contributed by atoms with Crippen LogP contribution in [-0.2, 0) is 14.3 Å². The molecule has 25 heavy (non-hydrogen) atoms. The fraction of sp³-hybridized carbons (Fsp3) is 0.222. The highest BCUT2D eigenvalue weighted by molar-refractivity contribution is 6.42. The number of nitrogens with one attached hydrogen (secondary N) is 1. The molecule has 132 valence electrons. The van der Waals surface area contributed by atoms with Crippen LogP contribution in [0.1, 0.15) is 13.3 Å². The molecule has 0 saturated heterocycles. The first-order chi connectivity index (χ1) is 12.0. The topological polar surface area (TPSA) is 64.6 Å². The molecule has 0 radical (unpaired) electrons. The normalized spacial score (nSPS) is 11.5. The zero-order valence-electron chi connectivity index (χ0n) is 13.5. The van der Waals surface area contributed by atoms with E-state index in [2.05, 4.69) is 5.32 Å². The van der Waals surface area contributed by atoms with Gasteiger partial charge in [0.15, 0.2) is 12.7 Å². The first-order valence-electron chi connectivity index (χ1n) is 7.63. The number of benzene rings is 2. The molecule has 0 spiro atoms. The van der Waals surface area contributed by atoms with Crippen LogP contribution in [0.4, 0.5) is 5.69 Å². The van der Waals surface area contributed by atoms with Crippen LogP contribution in [0.25, 0.3) is 0 Å². The van der Waals surface area contributed by atoms with Gasteiger partial charge in [0.05, 0.1) is 10.0 Å². The van der Waals surface area contributed by atoms with Crippen molar-refractivity contribution in [2.45, 2.75) is 19.4 Å². The van der Waals surface area contributed by atoms with Crippen LogP contribution in [0.2, 0.25) is 10.0 Å². The van der Waals surface area contributed by atoms with Crippen molar-refractivity contribution in [3.8, 4) is 5.75 Å². The van der Waals surface area contributed by atoms with E-state index in [0.717, 1.165) is 0 Å². The number of carbonyl (C=O) groups is 2. The van der Waals surface area contributed by atoms with Crippen molar-refractivity contribution < 1.29 is 19.1 Å². The van der Waals surface area contributed by atoms with E-state index in [1.165, 1.54) is 6.07 Å². The summed E-state index contributed by atoms with van der Waals surface area (Å²) >= 11 is 11.7. The third-order valence-electron chi connectivity index (χ3n) is 3.20. The van der Waals surface area contributed by atoms with Gasteiger partial charge in [-0.1, -0.05) is 48.3 Å². The van der Waals surface area contributed by atoms with Gasteiger partial charge in [-0.2, -0.15) is 0 Å². The zero-order chi connectivity index (χ0) is 18.2. The first kappa shape index (κ1) is 19.1. The highest BCUT2D eigenvalue weighted by Crippen LogP contribution is 2.24. The van der Waals surface area contributed by atoms with Gasteiger partial charge in [-0.15, -0.1) is 0 Å². The molecule has 5 nitrogen and oxygen atoms in total. The number of hydrogen-bond donors (Lipinski definition) is 1. The smallest absolute Gasteiger partial charge is 0.347 e. The molecule has 2 aromatic rings. The lowest BCUT2D eigenvalue weighted by Crippen LogP contribution is -2.31. The van der Waals surface area contributed by atoms with Crippen molar-refractivity contribution in [3.63, 3.8) is 0 Å². The number of anilines is 1. The highest BCUT2D eigenvalue weighted by Gasteiger charge is 2.21. The Morgan fingerprint density at radius 1 is 1.08 bits per heavy atom. The van der Waals surface area contributed by atoms with Crippen molar-refractivity contribution in [3.05, 3.63) is 58.6 Å². The van der Waals surface area contributed by atoms with Gasteiger partial charge in [0, 0.05) is 5.69 Å². The van der Waals surface area contributed by atoms with Gasteiger partial charge in [0.1, 0.15) is 5.75 Å². The molecule has 0 aromatic heterocycles. The Hall–Kier alpha value is -2.24. The molecule has 0 aliphatic heterocycles. The Bertz CT molecular complexity index is 737. The monoisotopic (exact) mass is 381 g/mol. The number of halogens is 2. The van der Waals surface area contributed by atoms with Crippen molar-refractivity contribution in [2.75, 3.05) is 11.9 Å². The maximum atomic E-state index is 12.1. The maximum absolute atomic E-state index is 12.1. The molecule has 0 heterocycles. The Labute approximate surface area is 155 Å². The van der Waals surface area contributed by atoms with Crippen molar-refractivity contribution in [1.82, 2.24) is 0 Å². The summed E-state index contributed by atoms with van der Waals surface area (Å²) in [5.74, 6) is -0.525. The zero-order valence-corrected chi connectivity index (χ0v) is 15.0. The number of amides is 1. The standard InChI is InChI=1S/C18H17Cl2NO4/c1-2-16(25-13-6-4-3-5-7-13)18(23)24-11-17(22)21-12-8-9-14(19)15(20)10-12/h3-10,16H,2,11H2,1H3,(H,21,22)/t16-/m0/s1. The van der Waals surface area contributed by atoms with Crippen molar-refractivity contribution in [1.29, 1.82) is 0 Å². The average molecular weight is 382 g/mol. The minimum absolute atomic E-state index is 0.318. The van der Waals surface area contributed by atoms with Crippen LogP contribution in [-0.4, -0.2) is 24.6 Å². The Morgan fingerprint density at radius 2 is 1.80 bits per heavy atom. The third-order valence-corrected chi connectivity index (χ3v) is 3.94. The Balaban J connectivity index is 1.84. The predicted molar refractivity (Wildman–Crippen MR) is 97.2 cm³/mol. The molecule has 1 N–H and O–H groups in total. The minimum Gasteiger partial charge on any atom is -0.479 e. The van der Waals surface area contributed by atoms with Gasteiger partial charge in [-0.05, 0) is 36.8 Å². The van der Waals surface area contributed by atoms with Gasteiger partial charge < -0.3 is 14.8 Å². The van der Waals surface area contributed by atoms with Crippen LogP contribution in [0.15, 0.2) is 48.5 Å². The maximum Gasteiger partial charge on any atom is 0.347 e. The Kier molecular flexibility index (Phi) is 7.10. The number of esters is 1. The van der Waals surface area contributed by atoms with Gasteiger partial charge in [0.25, 0.3) is 5.91 Å². The second kappa shape index (κ2) is 9.30. The van der Waals surface area contributed by atoms with Crippen molar-refractivity contribution >= 4 is 40.8 Å². The molecule has 7 heteroatoms. The fourth-order valence-corrected chi connectivity index (χ4v) is 2.26. The molecule has 0 aliphatic carbocycles. The first-order valence-corrected chi connectivity index (χ1v) is 8.38. The van der Waals surface area contributed by atoms with Crippen molar-refractivity contribution in [2.24, 2.45) is 0 Å². The van der Waals surface area contributed by atoms with E-state index in [4.69, 9.17) is 32.7 Å². The lowest BCUT2D eigenvalue weighted by molar-refractivity contribution is -0.154. The minimum atomic E-state index is -0.778. The lowest BCUT2D eigenvalue weighted by Gasteiger charge is -2.16. The molecular weight excluding hydrogens is 365 g/mol. The third kappa shape index (κ3) is 5.96. The molecule has 0 fully saturated rings. The van der Waals surface area contributed by atoms with E-state index in [-0.39, 0.29) is 0 Å². The number of rotatable bonds is 7. The number of para-hydroxylation sites is 1. The molecule has 0 aliphatic rings. The van der Waals surface area contributed by atoms with E-state index >= 15 is 0 Å². The van der Waals surface area contributed by atoms with E-state index in [1.54, 1.807) is 43.3 Å². The number of hydrogen-bond acceptors (Lipinski definition) is 4. The molecular formula is C18H17Cl2NO4. The van der Waals surface area contributed by atoms with Crippen LogP contribution in [0.5, 0.6) is 5.75 Å². The molecule has 0 bridgehead atoms. The summed E-state index contributed by atoms with van der Waals surface area (Å²) in [4.78, 5) is 23.9. The molecule has 1 amide bonds. The highest BCUT2D eigenvalue weighted by atomic mass is 35.5. The quantitative estimate of drug-likeness (QED) is 0.724. The van der Waals surface area contributed by atoms with Crippen LogP contribution in [0.3, 0.4) is 0 Å². The van der Waals surface area contributed by atoms with Gasteiger partial charge in [0.2, 0.25) is 0 Å². The van der Waals surface area contributed by atoms with Crippen LogP contribution >= 0.6 is 23.2 Å². The van der Waals surface area contributed by atoms with Crippen LogP contribution in [0, 0.1) is 0 Å². The number of ether oxygens (including phenoxy) is 2. The molecule has 0 unspecified atom stereocenters. The summed E-state index contributed by atoms with van der Waals surface area (Å²) < 4.78 is 10.6. The van der Waals surface area contributed by atoms with Gasteiger partial charge >= 0.3 is 5.97 Å². The lowest BCUT2D eigenvalue weighted by atomic mass is 10.2. The fourth-order valence-electron chi connectivity index (χ4n) is 1.96. The largest absolute Gasteiger partial charge is 0.479 e. The van der Waals surface area contributed by atoms with E-state index in [1.807, 2.05) is 6.07 Å². The molecule has 2 rings (SSSR count). The summed E-state index contributed by atoms with van der Waals surface area (Å²) in [7, 11) is 0. The summed E-state index contributed by atoms with van der Waals surface area (Å²) in [5, 5.41) is 3.27. The summed E-state index contributed by atoms with van der Waals surface area (Å²) in [6.07, 6.45) is -0.359. The summed E-state index contributed by atoms with van der Waals surface area (Å²) in [6.45, 7) is 1.37. The van der Waals surface area contributed by atoms with E-state index in [0.29, 0.717) is 27.9 Å². The predicted octanol–water partition coefficient (Wildman–Crippen LogP) is 4.33. The van der Waals surface area contributed by atoms with E-state index in [9.17, 15) is 9.59 Å². The van der Waals surface area contributed by atoms with Crippen LogP contribution < -0.4 is 10.1 Å². The molecule has 2 aromatic carbocycles. The SMILES string of the molecule is CC[C@H](Oc1ccccc1)C(=O)OCC(=O)Nc1ccc(Cl)c(Cl)c1. The summed E-state index contributed by atoms with van der Waals surface area (Å²) in [5.41, 5.74) is 0.461. The van der Waals surface area contributed by atoms with E-state index < -0.39 is 24.6 Å². The van der Waals surface area contributed by atoms with Gasteiger partial charge in [-0.25, -0.2) is 4.79 Å². The summed E-state index contributed by atoms with van der Waals surface area (Å²) in [6, 6.07) is 13.6. The number of carbonyl (C=O) groups excluding carboxylic acids is 2. The molecule has 0 saturated carbocycles. The molecule has 1 atom stereocenters. The second-order valence-electron chi connectivity index (χ2n) is 5.11. The average Bonchev–Trinajstić information content (AvgIpc) is 2.61. The second-order valence-corrected chi connectivity index (χ2v) is 5.93. The van der Waals surface area contributed by atoms with Gasteiger partial charge in [-0.3, -0.25) is 4.79 Å².